The third-order valence-corrected chi connectivity index (χ3v) is 1.97. The summed E-state index contributed by atoms with van der Waals surface area (Å²) in [5.74, 6) is -0.463. The number of ether oxygens (including phenoxy) is 1. The molecular formula is C7H11NO4. The number of carbonyl (C=O) groups excluding carboxylic acids is 1. The Morgan fingerprint density at radius 3 is 2.75 bits per heavy atom. The van der Waals surface area contributed by atoms with Gasteiger partial charge < -0.3 is 9.84 Å². The Morgan fingerprint density at radius 2 is 2.25 bits per heavy atom. The van der Waals surface area contributed by atoms with E-state index in [0.29, 0.717) is 13.0 Å². The van der Waals surface area contributed by atoms with Gasteiger partial charge in [-0.2, -0.15) is 0 Å². The van der Waals surface area contributed by atoms with Gasteiger partial charge in [0.2, 0.25) is 0 Å². The second-order valence-corrected chi connectivity index (χ2v) is 2.66. The molecule has 68 valence electrons. The fourth-order valence-electron chi connectivity index (χ4n) is 1.38. The summed E-state index contributed by atoms with van der Waals surface area (Å²) in [5, 5.41) is 8.65. The summed E-state index contributed by atoms with van der Waals surface area (Å²) >= 11 is 0. The predicted molar refractivity (Wildman–Crippen MR) is 39.8 cm³/mol. The van der Waals surface area contributed by atoms with E-state index in [1.807, 2.05) is 0 Å². The molecule has 1 heterocycles. The van der Waals surface area contributed by atoms with Crippen molar-refractivity contribution in [3.05, 3.63) is 0 Å². The van der Waals surface area contributed by atoms with Crippen molar-refractivity contribution in [1.82, 2.24) is 4.90 Å². The largest absolute Gasteiger partial charge is 0.467 e. The molecule has 0 aromatic carbocycles. The average Bonchev–Trinajstić information content (AvgIpc) is 2.50. The first-order chi connectivity index (χ1) is 5.66. The zero-order chi connectivity index (χ0) is 9.14. The number of carbonyl (C=O) groups is 2. The summed E-state index contributed by atoms with van der Waals surface area (Å²) in [7, 11) is 1.26. The molecule has 0 spiro atoms. The van der Waals surface area contributed by atoms with Gasteiger partial charge in [-0.15, -0.1) is 0 Å². The maximum atomic E-state index is 11.0. The highest BCUT2D eigenvalue weighted by molar-refractivity contribution is 5.81. The lowest BCUT2D eigenvalue weighted by Crippen LogP contribution is -2.40. The van der Waals surface area contributed by atoms with Gasteiger partial charge >= 0.3 is 12.1 Å². The van der Waals surface area contributed by atoms with Crippen molar-refractivity contribution in [3.8, 4) is 0 Å². The first-order valence-electron chi connectivity index (χ1n) is 3.74. The lowest BCUT2D eigenvalue weighted by atomic mass is 10.2. The summed E-state index contributed by atoms with van der Waals surface area (Å²) in [4.78, 5) is 22.7. The first kappa shape index (κ1) is 8.83. The maximum absolute atomic E-state index is 11.0. The zero-order valence-electron chi connectivity index (χ0n) is 6.82. The van der Waals surface area contributed by atoms with Gasteiger partial charge in [-0.25, -0.2) is 9.59 Å². The Morgan fingerprint density at radius 1 is 1.58 bits per heavy atom. The lowest BCUT2D eigenvalue weighted by molar-refractivity contribution is -0.145. The topological polar surface area (TPSA) is 66.8 Å². The number of nitrogens with zero attached hydrogens (tertiary/aromatic N) is 1. The molecule has 1 unspecified atom stereocenters. The molecule has 1 fully saturated rings. The van der Waals surface area contributed by atoms with Crippen LogP contribution in [0.15, 0.2) is 0 Å². The fraction of sp³-hybridized carbons (Fsp3) is 0.714. The molecule has 5 nitrogen and oxygen atoms in total. The summed E-state index contributed by atoms with van der Waals surface area (Å²) in [6, 6.07) is -0.590. The third-order valence-electron chi connectivity index (χ3n) is 1.97. The summed E-state index contributed by atoms with van der Waals surface area (Å²) in [5.41, 5.74) is 0. The Bertz CT molecular complexity index is 204. The Kier molecular flexibility index (Phi) is 2.52. The standard InChI is InChI=1S/C7H11NO4/c1-12-6(9)5-3-2-4-8(5)7(10)11/h5H,2-4H2,1H3,(H,10,11). The van der Waals surface area contributed by atoms with Crippen molar-refractivity contribution in [2.75, 3.05) is 13.7 Å². The van der Waals surface area contributed by atoms with Gasteiger partial charge in [0.1, 0.15) is 6.04 Å². The molecule has 1 N–H and O–H groups in total. The minimum absolute atomic E-state index is 0.426. The van der Waals surface area contributed by atoms with Crippen LogP contribution >= 0.6 is 0 Å². The number of rotatable bonds is 1. The van der Waals surface area contributed by atoms with Crippen molar-refractivity contribution in [3.63, 3.8) is 0 Å². The number of amides is 1. The van der Waals surface area contributed by atoms with Crippen molar-refractivity contribution in [1.29, 1.82) is 0 Å². The van der Waals surface area contributed by atoms with E-state index < -0.39 is 18.1 Å². The second-order valence-electron chi connectivity index (χ2n) is 2.66. The van der Waals surface area contributed by atoms with Crippen LogP contribution in [0.2, 0.25) is 0 Å². The van der Waals surface area contributed by atoms with Gasteiger partial charge in [0.15, 0.2) is 0 Å². The SMILES string of the molecule is COC(=O)C1CCCN1C(=O)O. The number of methoxy groups -OCH3 is 1. The monoisotopic (exact) mass is 173 g/mol. The van der Waals surface area contributed by atoms with Crippen molar-refractivity contribution < 1.29 is 19.4 Å². The number of likely N-dealkylation sites (tertiary alicyclic amines) is 1. The highest BCUT2D eigenvalue weighted by Gasteiger charge is 2.34. The van der Waals surface area contributed by atoms with Crippen LogP contribution in [0.4, 0.5) is 4.79 Å². The smallest absolute Gasteiger partial charge is 0.408 e. The van der Waals surface area contributed by atoms with Gasteiger partial charge in [0, 0.05) is 6.54 Å². The van der Waals surface area contributed by atoms with Gasteiger partial charge in [-0.1, -0.05) is 0 Å². The molecule has 1 atom stereocenters. The van der Waals surface area contributed by atoms with Gasteiger partial charge in [-0.3, -0.25) is 4.90 Å². The third kappa shape index (κ3) is 1.49. The van der Waals surface area contributed by atoms with Crippen LogP contribution in [0.3, 0.4) is 0 Å². The Balaban J connectivity index is 2.63. The molecule has 0 aliphatic carbocycles. The van der Waals surface area contributed by atoms with Crippen LogP contribution in [0.25, 0.3) is 0 Å². The van der Waals surface area contributed by atoms with Crippen LogP contribution in [-0.4, -0.2) is 41.8 Å². The summed E-state index contributed by atoms with van der Waals surface area (Å²) in [6.45, 7) is 0.426. The van der Waals surface area contributed by atoms with Crippen molar-refractivity contribution in [2.45, 2.75) is 18.9 Å². The quantitative estimate of drug-likeness (QED) is 0.579. The van der Waals surface area contributed by atoms with Crippen molar-refractivity contribution in [2.24, 2.45) is 0 Å². The van der Waals surface area contributed by atoms with E-state index in [9.17, 15) is 9.59 Å². The molecule has 1 saturated heterocycles. The number of hydrogen-bond donors (Lipinski definition) is 1. The highest BCUT2D eigenvalue weighted by atomic mass is 16.5. The molecule has 0 saturated carbocycles. The van der Waals surface area contributed by atoms with Crippen LogP contribution < -0.4 is 0 Å². The molecule has 1 aliphatic rings. The molecule has 5 heteroatoms. The van der Waals surface area contributed by atoms with Gasteiger partial charge in [0.05, 0.1) is 7.11 Å². The predicted octanol–water partition coefficient (Wildman–Crippen LogP) is 0.302. The summed E-state index contributed by atoms with van der Waals surface area (Å²) < 4.78 is 4.47. The normalized spacial score (nSPS) is 22.4. The minimum atomic E-state index is -1.05. The van der Waals surface area contributed by atoms with Crippen molar-refractivity contribution >= 4 is 12.1 Å². The van der Waals surface area contributed by atoms with Crippen LogP contribution in [-0.2, 0) is 9.53 Å². The Hall–Kier alpha value is -1.26. The van der Waals surface area contributed by atoms with Crippen LogP contribution in [0.5, 0.6) is 0 Å². The lowest BCUT2D eigenvalue weighted by Gasteiger charge is -2.18. The number of carboxylic acid groups (broad SMARTS) is 1. The second kappa shape index (κ2) is 3.42. The van der Waals surface area contributed by atoms with E-state index in [1.54, 1.807) is 0 Å². The van der Waals surface area contributed by atoms with Crippen LogP contribution in [0, 0.1) is 0 Å². The van der Waals surface area contributed by atoms with E-state index in [4.69, 9.17) is 5.11 Å². The average molecular weight is 173 g/mol. The summed E-state index contributed by atoms with van der Waals surface area (Å²) in [6.07, 6.45) is 0.244. The molecule has 0 aromatic heterocycles. The molecule has 1 amide bonds. The maximum Gasteiger partial charge on any atom is 0.408 e. The zero-order valence-corrected chi connectivity index (χ0v) is 6.82. The Labute approximate surface area is 69.9 Å². The minimum Gasteiger partial charge on any atom is -0.467 e. The van der Waals surface area contributed by atoms with E-state index in [0.717, 1.165) is 11.3 Å². The molecule has 0 aromatic rings. The van der Waals surface area contributed by atoms with E-state index in [2.05, 4.69) is 4.74 Å². The molecule has 12 heavy (non-hydrogen) atoms. The van der Waals surface area contributed by atoms with Gasteiger partial charge in [-0.05, 0) is 12.8 Å². The van der Waals surface area contributed by atoms with E-state index >= 15 is 0 Å². The molecular weight excluding hydrogens is 162 g/mol. The molecule has 0 bridgehead atoms. The number of esters is 1. The van der Waals surface area contributed by atoms with Crippen LogP contribution in [0.1, 0.15) is 12.8 Å². The van der Waals surface area contributed by atoms with E-state index in [-0.39, 0.29) is 0 Å². The van der Waals surface area contributed by atoms with Gasteiger partial charge in [0.25, 0.3) is 0 Å². The molecule has 0 radical (unpaired) electrons. The molecule has 1 rings (SSSR count). The molecule has 1 aliphatic heterocycles. The number of hydrogen-bond acceptors (Lipinski definition) is 3. The highest BCUT2D eigenvalue weighted by Crippen LogP contribution is 2.17. The first-order valence-corrected chi connectivity index (χ1v) is 3.74. The van der Waals surface area contributed by atoms with E-state index in [1.165, 1.54) is 7.11 Å². The fourth-order valence-corrected chi connectivity index (χ4v) is 1.38.